The number of hydrogen-bond acceptors (Lipinski definition) is 4. The van der Waals surface area contributed by atoms with Crippen LogP contribution in [0.4, 0.5) is 0 Å². The van der Waals surface area contributed by atoms with Gasteiger partial charge in [-0.05, 0) is 18.6 Å². The summed E-state index contributed by atoms with van der Waals surface area (Å²) in [5, 5.41) is 10.5. The summed E-state index contributed by atoms with van der Waals surface area (Å²) in [5.74, 6) is 0. The van der Waals surface area contributed by atoms with E-state index in [9.17, 15) is 0 Å². The van der Waals surface area contributed by atoms with Crippen molar-refractivity contribution < 1.29 is 4.74 Å². The number of ether oxygens (including phenoxy) is 1. The Bertz CT molecular complexity index is 699. The molecule has 6 heteroatoms. The molecule has 1 aliphatic heterocycles. The van der Waals surface area contributed by atoms with Gasteiger partial charge in [0.15, 0.2) is 0 Å². The van der Waals surface area contributed by atoms with Crippen LogP contribution in [0, 0.1) is 0 Å². The molecule has 1 aromatic carbocycles. The maximum atomic E-state index is 5.46. The lowest BCUT2D eigenvalue weighted by Crippen LogP contribution is -2.30. The van der Waals surface area contributed by atoms with Gasteiger partial charge in [0.25, 0.3) is 0 Å². The monoisotopic (exact) mass is 255 g/mol. The van der Waals surface area contributed by atoms with Crippen molar-refractivity contribution in [3.8, 4) is 11.3 Å². The van der Waals surface area contributed by atoms with Crippen molar-refractivity contribution in [1.82, 2.24) is 25.0 Å². The van der Waals surface area contributed by atoms with Crippen molar-refractivity contribution in [2.45, 2.75) is 19.1 Å². The molecular formula is C13H13N5O. The Balaban J connectivity index is 1.71. The van der Waals surface area contributed by atoms with E-state index in [0.29, 0.717) is 6.10 Å². The first kappa shape index (κ1) is 10.7. The van der Waals surface area contributed by atoms with Crippen molar-refractivity contribution in [3.05, 3.63) is 30.7 Å². The van der Waals surface area contributed by atoms with Crippen molar-refractivity contribution >= 4 is 11.0 Å². The van der Waals surface area contributed by atoms with Gasteiger partial charge in [0.1, 0.15) is 5.69 Å². The van der Waals surface area contributed by atoms with Gasteiger partial charge in [-0.1, -0.05) is 6.07 Å². The van der Waals surface area contributed by atoms with Crippen LogP contribution in [0.5, 0.6) is 0 Å². The molecule has 0 bridgehead atoms. The van der Waals surface area contributed by atoms with Gasteiger partial charge in [-0.25, -0.2) is 4.98 Å². The number of rotatable bonds is 3. The van der Waals surface area contributed by atoms with E-state index in [0.717, 1.165) is 41.9 Å². The largest absolute Gasteiger partial charge is 0.376 e. The van der Waals surface area contributed by atoms with E-state index in [-0.39, 0.29) is 0 Å². The molecule has 0 aliphatic carbocycles. The highest BCUT2D eigenvalue weighted by Crippen LogP contribution is 2.23. The first-order valence-corrected chi connectivity index (χ1v) is 6.33. The van der Waals surface area contributed by atoms with Crippen molar-refractivity contribution in [3.63, 3.8) is 0 Å². The second-order valence-electron chi connectivity index (χ2n) is 4.74. The van der Waals surface area contributed by atoms with Gasteiger partial charge in [-0.3, -0.25) is 0 Å². The minimum atomic E-state index is 0.340. The number of aromatic amines is 1. The maximum Gasteiger partial charge on any atom is 0.112 e. The molecule has 0 saturated carbocycles. The Hall–Kier alpha value is -2.21. The van der Waals surface area contributed by atoms with Gasteiger partial charge in [0, 0.05) is 12.2 Å². The molecule has 1 atom stereocenters. The number of benzene rings is 1. The third-order valence-electron chi connectivity index (χ3n) is 3.53. The normalized spacial score (nSPS) is 18.6. The second-order valence-corrected chi connectivity index (χ2v) is 4.74. The molecule has 0 unspecified atom stereocenters. The summed E-state index contributed by atoms with van der Waals surface area (Å²) in [5.41, 5.74) is 3.95. The summed E-state index contributed by atoms with van der Waals surface area (Å²) in [6, 6.07) is 6.15. The molecule has 19 heavy (non-hydrogen) atoms. The van der Waals surface area contributed by atoms with Crippen LogP contribution in [0.1, 0.15) is 6.42 Å². The molecule has 96 valence electrons. The van der Waals surface area contributed by atoms with Gasteiger partial charge in [0.05, 0.1) is 36.2 Å². The lowest BCUT2D eigenvalue weighted by molar-refractivity contribution is -0.0586. The number of H-pyrrole nitrogens is 1. The quantitative estimate of drug-likeness (QED) is 0.772. The molecule has 1 N–H and O–H groups in total. The minimum absolute atomic E-state index is 0.340. The summed E-state index contributed by atoms with van der Waals surface area (Å²) >= 11 is 0. The van der Waals surface area contributed by atoms with Gasteiger partial charge < -0.3 is 9.30 Å². The molecular weight excluding hydrogens is 242 g/mol. The van der Waals surface area contributed by atoms with Gasteiger partial charge in [-0.2, -0.15) is 15.4 Å². The smallest absolute Gasteiger partial charge is 0.112 e. The van der Waals surface area contributed by atoms with Crippen LogP contribution >= 0.6 is 0 Å². The summed E-state index contributed by atoms with van der Waals surface area (Å²) in [4.78, 5) is 4.45. The molecule has 6 nitrogen and oxygen atoms in total. The van der Waals surface area contributed by atoms with Crippen LogP contribution < -0.4 is 0 Å². The first-order chi connectivity index (χ1) is 9.40. The van der Waals surface area contributed by atoms with Gasteiger partial charge >= 0.3 is 0 Å². The molecule has 2 aromatic heterocycles. The lowest BCUT2D eigenvalue weighted by Gasteiger charge is -2.26. The SMILES string of the molecule is c1cc2c(cc1-c1cn[nH]n1)ncn2C[C@@H]1CCO1. The standard InChI is InChI=1S/C13H13N5O/c1-2-13-11(5-9(1)12-6-15-17-16-12)14-8-18(13)7-10-3-4-19-10/h1-2,5-6,8,10H,3-4,7H2,(H,15,16,17)/t10-/m0/s1. The Labute approximate surface area is 109 Å². The third-order valence-corrected chi connectivity index (χ3v) is 3.53. The van der Waals surface area contributed by atoms with Gasteiger partial charge in [-0.15, -0.1) is 0 Å². The molecule has 3 heterocycles. The molecule has 1 saturated heterocycles. The predicted octanol–water partition coefficient (Wildman–Crippen LogP) is 1.61. The average Bonchev–Trinajstić information content (AvgIpc) is 3.03. The molecule has 4 rings (SSSR count). The Morgan fingerprint density at radius 1 is 1.42 bits per heavy atom. The Kier molecular flexibility index (Phi) is 2.34. The number of aromatic nitrogens is 5. The van der Waals surface area contributed by atoms with E-state index in [4.69, 9.17) is 4.74 Å². The number of hydrogen-bond donors (Lipinski definition) is 1. The molecule has 1 aliphatic rings. The molecule has 0 radical (unpaired) electrons. The van der Waals surface area contributed by atoms with Crippen molar-refractivity contribution in [1.29, 1.82) is 0 Å². The number of fused-ring (bicyclic) bond motifs is 1. The van der Waals surface area contributed by atoms with E-state index in [1.54, 1.807) is 6.20 Å². The molecule has 0 spiro atoms. The minimum Gasteiger partial charge on any atom is -0.376 e. The third kappa shape index (κ3) is 1.80. The molecule has 3 aromatic rings. The summed E-state index contributed by atoms with van der Waals surface area (Å²) in [6.07, 6.45) is 5.06. The highest BCUT2D eigenvalue weighted by Gasteiger charge is 2.19. The average molecular weight is 255 g/mol. The van der Waals surface area contributed by atoms with Crippen molar-refractivity contribution in [2.24, 2.45) is 0 Å². The zero-order valence-corrected chi connectivity index (χ0v) is 10.3. The Morgan fingerprint density at radius 2 is 2.37 bits per heavy atom. The zero-order valence-electron chi connectivity index (χ0n) is 10.3. The van der Waals surface area contributed by atoms with Crippen LogP contribution in [0.3, 0.4) is 0 Å². The van der Waals surface area contributed by atoms with Crippen LogP contribution in [-0.4, -0.2) is 37.7 Å². The predicted molar refractivity (Wildman–Crippen MR) is 69.5 cm³/mol. The van der Waals surface area contributed by atoms with Crippen LogP contribution in [0.2, 0.25) is 0 Å². The molecule has 1 fully saturated rings. The topological polar surface area (TPSA) is 68.6 Å². The maximum absolute atomic E-state index is 5.46. The van der Waals surface area contributed by atoms with E-state index in [2.05, 4.69) is 31.0 Å². The highest BCUT2D eigenvalue weighted by atomic mass is 16.5. The highest BCUT2D eigenvalue weighted by molar-refractivity contribution is 5.81. The fraction of sp³-hybridized carbons (Fsp3) is 0.308. The number of nitrogens with zero attached hydrogens (tertiary/aromatic N) is 4. The van der Waals surface area contributed by atoms with Gasteiger partial charge in [0.2, 0.25) is 0 Å². The van der Waals surface area contributed by atoms with Crippen LogP contribution in [-0.2, 0) is 11.3 Å². The van der Waals surface area contributed by atoms with E-state index >= 15 is 0 Å². The Morgan fingerprint density at radius 3 is 3.11 bits per heavy atom. The van der Waals surface area contributed by atoms with Crippen LogP contribution in [0.25, 0.3) is 22.3 Å². The summed E-state index contributed by atoms with van der Waals surface area (Å²) in [6.45, 7) is 1.76. The number of imidazole rings is 1. The van der Waals surface area contributed by atoms with Crippen molar-refractivity contribution in [2.75, 3.05) is 6.61 Å². The first-order valence-electron chi connectivity index (χ1n) is 6.33. The lowest BCUT2D eigenvalue weighted by atomic mass is 10.1. The van der Waals surface area contributed by atoms with E-state index in [1.807, 2.05) is 18.5 Å². The fourth-order valence-corrected chi connectivity index (χ4v) is 2.36. The van der Waals surface area contributed by atoms with Crippen LogP contribution in [0.15, 0.2) is 30.7 Å². The second kappa shape index (κ2) is 4.17. The fourth-order valence-electron chi connectivity index (χ4n) is 2.36. The van der Waals surface area contributed by atoms with E-state index in [1.165, 1.54) is 0 Å². The van der Waals surface area contributed by atoms with E-state index < -0.39 is 0 Å². The summed E-state index contributed by atoms with van der Waals surface area (Å²) in [7, 11) is 0. The molecule has 0 amide bonds. The zero-order chi connectivity index (χ0) is 12.7. The number of nitrogens with one attached hydrogen (secondary N) is 1. The summed E-state index contributed by atoms with van der Waals surface area (Å²) < 4.78 is 7.61.